The average Bonchev–Trinajstić information content (AvgIpc) is 2.56. The molecule has 2 rings (SSSR count). The molecule has 3 nitrogen and oxygen atoms in total. The molecule has 0 saturated heterocycles. The number of hydrogen-bond acceptors (Lipinski definition) is 2. The molecule has 0 unspecified atom stereocenters. The van der Waals surface area contributed by atoms with Crippen LogP contribution < -0.4 is 10.7 Å². The van der Waals surface area contributed by atoms with Crippen LogP contribution in [-0.2, 0) is 0 Å². The molecule has 2 N–H and O–H groups in total. The Bertz CT molecular complexity index is 665. The summed E-state index contributed by atoms with van der Waals surface area (Å²) >= 11 is 5.33. The van der Waals surface area contributed by atoms with Gasteiger partial charge in [-0.25, -0.2) is 0 Å². The van der Waals surface area contributed by atoms with Crippen molar-refractivity contribution in [1.29, 1.82) is 0 Å². The standard InChI is InChI=1S/C19H23N3S/c1-3-4-13-18(16-10-6-5-7-11-16)21-22-19(23)20-17-12-8-9-15(2)14-17/h5-12,14H,3-4,13H2,1-2H3,(H2,20,22,23)/b21-18+. The summed E-state index contributed by atoms with van der Waals surface area (Å²) in [5, 5.41) is 8.17. The Morgan fingerprint density at radius 2 is 1.87 bits per heavy atom. The van der Waals surface area contributed by atoms with Crippen LogP contribution in [0.1, 0.15) is 37.3 Å². The van der Waals surface area contributed by atoms with Crippen molar-refractivity contribution in [3.63, 3.8) is 0 Å². The van der Waals surface area contributed by atoms with E-state index in [-0.39, 0.29) is 0 Å². The maximum absolute atomic E-state index is 5.33. The van der Waals surface area contributed by atoms with Crippen molar-refractivity contribution >= 4 is 28.7 Å². The van der Waals surface area contributed by atoms with Crippen molar-refractivity contribution in [3.05, 3.63) is 65.7 Å². The van der Waals surface area contributed by atoms with Crippen LogP contribution in [0.2, 0.25) is 0 Å². The zero-order valence-electron chi connectivity index (χ0n) is 13.7. The van der Waals surface area contributed by atoms with Crippen molar-refractivity contribution in [2.75, 3.05) is 5.32 Å². The molecule has 0 aliphatic heterocycles. The normalized spacial score (nSPS) is 11.1. The molecule has 0 heterocycles. The van der Waals surface area contributed by atoms with Crippen LogP contribution in [0, 0.1) is 6.92 Å². The monoisotopic (exact) mass is 325 g/mol. The first kappa shape index (κ1) is 17.2. The Labute approximate surface area is 143 Å². The first-order chi connectivity index (χ1) is 11.2. The number of hydrazone groups is 1. The highest BCUT2D eigenvalue weighted by molar-refractivity contribution is 7.80. The topological polar surface area (TPSA) is 36.4 Å². The molecule has 0 saturated carbocycles. The van der Waals surface area contributed by atoms with Gasteiger partial charge < -0.3 is 5.32 Å². The van der Waals surface area contributed by atoms with Crippen molar-refractivity contribution in [2.24, 2.45) is 5.10 Å². The number of nitrogens with zero attached hydrogens (tertiary/aromatic N) is 1. The third-order valence-electron chi connectivity index (χ3n) is 3.44. The molecule has 0 fully saturated rings. The van der Waals surface area contributed by atoms with Gasteiger partial charge >= 0.3 is 0 Å². The maximum atomic E-state index is 5.33. The van der Waals surface area contributed by atoms with Crippen LogP contribution in [0.3, 0.4) is 0 Å². The van der Waals surface area contributed by atoms with Gasteiger partial charge in [0.2, 0.25) is 0 Å². The summed E-state index contributed by atoms with van der Waals surface area (Å²) in [6.07, 6.45) is 3.17. The quantitative estimate of drug-likeness (QED) is 0.452. The van der Waals surface area contributed by atoms with E-state index in [2.05, 4.69) is 47.9 Å². The van der Waals surface area contributed by atoms with Crippen molar-refractivity contribution in [3.8, 4) is 0 Å². The maximum Gasteiger partial charge on any atom is 0.191 e. The lowest BCUT2D eigenvalue weighted by Crippen LogP contribution is -2.25. The predicted octanol–water partition coefficient (Wildman–Crippen LogP) is 4.88. The van der Waals surface area contributed by atoms with E-state index in [1.54, 1.807) is 0 Å². The molecule has 0 spiro atoms. The van der Waals surface area contributed by atoms with Gasteiger partial charge in [-0.15, -0.1) is 0 Å². The van der Waals surface area contributed by atoms with Gasteiger partial charge in [-0.1, -0.05) is 55.8 Å². The predicted molar refractivity (Wildman–Crippen MR) is 103 cm³/mol. The molecular formula is C19H23N3S. The van der Waals surface area contributed by atoms with Crippen LogP contribution in [-0.4, -0.2) is 10.8 Å². The SMILES string of the molecule is CCCC/C(=N\NC(=S)Nc1cccc(C)c1)c1ccccc1. The number of anilines is 1. The lowest BCUT2D eigenvalue weighted by Gasteiger charge is -2.10. The van der Waals surface area contributed by atoms with Crippen LogP contribution in [0.4, 0.5) is 5.69 Å². The zero-order valence-corrected chi connectivity index (χ0v) is 14.5. The van der Waals surface area contributed by atoms with Gasteiger partial charge in [0.25, 0.3) is 0 Å². The molecule has 0 amide bonds. The van der Waals surface area contributed by atoms with E-state index in [0.717, 1.165) is 36.2 Å². The minimum atomic E-state index is 0.500. The molecule has 23 heavy (non-hydrogen) atoms. The van der Waals surface area contributed by atoms with E-state index in [9.17, 15) is 0 Å². The summed E-state index contributed by atoms with van der Waals surface area (Å²) in [5.41, 5.74) is 7.28. The number of benzene rings is 2. The van der Waals surface area contributed by atoms with Gasteiger partial charge in [0.15, 0.2) is 5.11 Å². The first-order valence-corrected chi connectivity index (χ1v) is 8.35. The van der Waals surface area contributed by atoms with Gasteiger partial charge in [0.1, 0.15) is 0 Å². The summed E-state index contributed by atoms with van der Waals surface area (Å²) in [6, 6.07) is 18.3. The Morgan fingerprint density at radius 3 is 2.57 bits per heavy atom. The van der Waals surface area contributed by atoms with Crippen LogP contribution >= 0.6 is 12.2 Å². The van der Waals surface area contributed by atoms with E-state index in [0.29, 0.717) is 5.11 Å². The molecule has 2 aromatic carbocycles. The number of rotatable bonds is 6. The highest BCUT2D eigenvalue weighted by Gasteiger charge is 2.04. The molecule has 0 bridgehead atoms. The molecular weight excluding hydrogens is 302 g/mol. The molecule has 120 valence electrons. The summed E-state index contributed by atoms with van der Waals surface area (Å²) in [7, 11) is 0. The van der Waals surface area contributed by atoms with E-state index in [1.165, 1.54) is 5.56 Å². The van der Waals surface area contributed by atoms with Crippen molar-refractivity contribution < 1.29 is 0 Å². The highest BCUT2D eigenvalue weighted by Crippen LogP contribution is 2.10. The summed E-state index contributed by atoms with van der Waals surface area (Å²) in [5.74, 6) is 0. The second-order valence-electron chi connectivity index (χ2n) is 5.46. The first-order valence-electron chi connectivity index (χ1n) is 7.94. The lowest BCUT2D eigenvalue weighted by molar-refractivity contribution is 0.828. The van der Waals surface area contributed by atoms with Gasteiger partial charge in [-0.2, -0.15) is 5.10 Å². The fourth-order valence-electron chi connectivity index (χ4n) is 2.24. The fraction of sp³-hybridized carbons (Fsp3) is 0.263. The van der Waals surface area contributed by atoms with Gasteiger partial charge in [-0.05, 0) is 55.2 Å². The molecule has 0 aliphatic carbocycles. The third-order valence-corrected chi connectivity index (χ3v) is 3.64. The van der Waals surface area contributed by atoms with Gasteiger partial charge in [-0.3, -0.25) is 5.43 Å². The zero-order chi connectivity index (χ0) is 16.5. The van der Waals surface area contributed by atoms with Crippen LogP contribution in [0.25, 0.3) is 0 Å². The molecule has 0 atom stereocenters. The largest absolute Gasteiger partial charge is 0.331 e. The van der Waals surface area contributed by atoms with E-state index in [1.807, 2.05) is 36.4 Å². The number of hydrogen-bond donors (Lipinski definition) is 2. The minimum Gasteiger partial charge on any atom is -0.331 e. The lowest BCUT2D eigenvalue weighted by atomic mass is 10.1. The molecule has 0 aliphatic rings. The summed E-state index contributed by atoms with van der Waals surface area (Å²) in [4.78, 5) is 0. The molecule has 0 radical (unpaired) electrons. The van der Waals surface area contributed by atoms with Gasteiger partial charge in [0, 0.05) is 5.69 Å². The number of thiocarbonyl (C=S) groups is 1. The van der Waals surface area contributed by atoms with Crippen molar-refractivity contribution in [2.45, 2.75) is 33.1 Å². The van der Waals surface area contributed by atoms with Crippen molar-refractivity contribution in [1.82, 2.24) is 5.43 Å². The van der Waals surface area contributed by atoms with E-state index >= 15 is 0 Å². The van der Waals surface area contributed by atoms with E-state index in [4.69, 9.17) is 12.2 Å². The number of nitrogens with one attached hydrogen (secondary N) is 2. The minimum absolute atomic E-state index is 0.500. The average molecular weight is 325 g/mol. The molecule has 0 aromatic heterocycles. The second-order valence-corrected chi connectivity index (χ2v) is 5.87. The Morgan fingerprint density at radius 1 is 1.09 bits per heavy atom. The smallest absolute Gasteiger partial charge is 0.191 e. The Kier molecular flexibility index (Phi) is 6.76. The molecule has 4 heteroatoms. The number of unbranched alkanes of at least 4 members (excludes halogenated alkanes) is 1. The van der Waals surface area contributed by atoms with Crippen LogP contribution in [0.15, 0.2) is 59.7 Å². The van der Waals surface area contributed by atoms with Gasteiger partial charge in [0.05, 0.1) is 5.71 Å². The van der Waals surface area contributed by atoms with Crippen LogP contribution in [0.5, 0.6) is 0 Å². The molecule has 2 aromatic rings. The Balaban J connectivity index is 2.03. The Hall–Kier alpha value is -2.20. The summed E-state index contributed by atoms with van der Waals surface area (Å²) in [6.45, 7) is 4.23. The second kappa shape index (κ2) is 9.06. The number of aryl methyl sites for hydroxylation is 1. The highest BCUT2D eigenvalue weighted by atomic mass is 32.1. The van der Waals surface area contributed by atoms with E-state index < -0.39 is 0 Å². The third kappa shape index (κ3) is 5.83. The fourth-order valence-corrected chi connectivity index (χ4v) is 2.40. The summed E-state index contributed by atoms with van der Waals surface area (Å²) < 4.78 is 0.